The van der Waals surface area contributed by atoms with E-state index in [-0.39, 0.29) is 0 Å². The van der Waals surface area contributed by atoms with Gasteiger partial charge in [0.05, 0.1) is 6.54 Å². The van der Waals surface area contributed by atoms with E-state index in [9.17, 15) is 0 Å². The summed E-state index contributed by atoms with van der Waals surface area (Å²) in [6, 6.07) is 0. The molecular weight excluding hydrogens is 134 g/mol. The summed E-state index contributed by atoms with van der Waals surface area (Å²) in [6.45, 7) is 0.509. The second kappa shape index (κ2) is 3.05. The SMILES string of the molecule is C#CCNc1ncns1. The van der Waals surface area contributed by atoms with Gasteiger partial charge < -0.3 is 5.32 Å². The van der Waals surface area contributed by atoms with Crippen LogP contribution in [0.1, 0.15) is 0 Å². The van der Waals surface area contributed by atoms with Crippen LogP contribution in [-0.2, 0) is 0 Å². The van der Waals surface area contributed by atoms with Crippen molar-refractivity contribution in [1.82, 2.24) is 9.36 Å². The molecule has 1 rings (SSSR count). The average Bonchev–Trinajstić information content (AvgIpc) is 2.34. The van der Waals surface area contributed by atoms with Gasteiger partial charge in [0.25, 0.3) is 0 Å². The molecule has 0 aromatic carbocycles. The third kappa shape index (κ3) is 1.70. The number of nitrogens with zero attached hydrogens (tertiary/aromatic N) is 2. The lowest BCUT2D eigenvalue weighted by molar-refractivity contribution is 1.28. The van der Waals surface area contributed by atoms with Crippen LogP contribution in [-0.4, -0.2) is 15.9 Å². The summed E-state index contributed by atoms with van der Waals surface area (Å²) >= 11 is 1.30. The van der Waals surface area contributed by atoms with Crippen molar-refractivity contribution in [3.8, 4) is 12.3 Å². The molecule has 0 radical (unpaired) electrons. The smallest absolute Gasteiger partial charge is 0.203 e. The molecule has 0 saturated heterocycles. The third-order valence-electron chi connectivity index (χ3n) is 0.703. The molecule has 0 aliphatic heterocycles. The second-order valence-electron chi connectivity index (χ2n) is 1.30. The Morgan fingerprint density at radius 2 is 2.78 bits per heavy atom. The van der Waals surface area contributed by atoms with E-state index in [2.05, 4.69) is 20.6 Å². The molecular formula is C5H5N3S. The lowest BCUT2D eigenvalue weighted by atomic mass is 10.7. The van der Waals surface area contributed by atoms with E-state index in [0.29, 0.717) is 6.54 Å². The maximum atomic E-state index is 4.99. The lowest BCUT2D eigenvalue weighted by Crippen LogP contribution is -1.96. The van der Waals surface area contributed by atoms with Crippen molar-refractivity contribution in [3.63, 3.8) is 0 Å². The predicted octanol–water partition coefficient (Wildman–Crippen LogP) is 0.583. The van der Waals surface area contributed by atoms with Crippen LogP contribution in [0.25, 0.3) is 0 Å². The zero-order valence-electron chi connectivity index (χ0n) is 4.66. The minimum atomic E-state index is 0.509. The van der Waals surface area contributed by atoms with Crippen LogP contribution in [0.15, 0.2) is 6.33 Å². The number of anilines is 1. The highest BCUT2D eigenvalue weighted by Gasteiger charge is 1.89. The van der Waals surface area contributed by atoms with Gasteiger partial charge in [-0.25, -0.2) is 4.98 Å². The molecule has 0 spiro atoms. The molecule has 4 heteroatoms. The van der Waals surface area contributed by atoms with Crippen molar-refractivity contribution in [2.24, 2.45) is 0 Å². The van der Waals surface area contributed by atoms with Crippen LogP contribution in [0, 0.1) is 12.3 Å². The molecule has 0 aliphatic carbocycles. The average molecular weight is 139 g/mol. The number of nitrogens with one attached hydrogen (secondary N) is 1. The van der Waals surface area contributed by atoms with Crippen molar-refractivity contribution in [1.29, 1.82) is 0 Å². The van der Waals surface area contributed by atoms with E-state index in [1.165, 1.54) is 17.9 Å². The first-order valence-electron chi connectivity index (χ1n) is 2.37. The fourth-order valence-corrected chi connectivity index (χ4v) is 0.803. The highest BCUT2D eigenvalue weighted by atomic mass is 32.1. The number of hydrogen-bond acceptors (Lipinski definition) is 4. The predicted molar refractivity (Wildman–Crippen MR) is 37.2 cm³/mol. The quantitative estimate of drug-likeness (QED) is 0.609. The molecule has 0 saturated carbocycles. The molecule has 46 valence electrons. The van der Waals surface area contributed by atoms with E-state index >= 15 is 0 Å². The normalized spacial score (nSPS) is 8.33. The molecule has 1 aromatic rings. The summed E-state index contributed by atoms with van der Waals surface area (Å²) in [5.41, 5.74) is 0. The van der Waals surface area contributed by atoms with Gasteiger partial charge >= 0.3 is 0 Å². The van der Waals surface area contributed by atoms with Crippen LogP contribution in [0.2, 0.25) is 0 Å². The maximum absolute atomic E-state index is 4.99. The Balaban J connectivity index is 2.41. The van der Waals surface area contributed by atoms with E-state index in [1.54, 1.807) is 0 Å². The van der Waals surface area contributed by atoms with Gasteiger partial charge in [0.1, 0.15) is 6.33 Å². The van der Waals surface area contributed by atoms with Gasteiger partial charge in [0.15, 0.2) is 0 Å². The zero-order chi connectivity index (χ0) is 6.53. The van der Waals surface area contributed by atoms with Crippen LogP contribution >= 0.6 is 11.5 Å². The Morgan fingerprint density at radius 1 is 1.89 bits per heavy atom. The van der Waals surface area contributed by atoms with Gasteiger partial charge in [0, 0.05) is 11.5 Å². The summed E-state index contributed by atoms with van der Waals surface area (Å²) in [6.07, 6.45) is 6.48. The van der Waals surface area contributed by atoms with Gasteiger partial charge in [-0.15, -0.1) is 6.42 Å². The van der Waals surface area contributed by atoms with Crippen molar-refractivity contribution in [2.75, 3.05) is 11.9 Å². The van der Waals surface area contributed by atoms with Gasteiger partial charge in [-0.1, -0.05) is 5.92 Å². The Labute approximate surface area is 57.3 Å². The fraction of sp³-hybridized carbons (Fsp3) is 0.200. The van der Waals surface area contributed by atoms with Crippen molar-refractivity contribution in [2.45, 2.75) is 0 Å². The standard InChI is InChI=1S/C5H5N3S/c1-2-3-6-5-7-4-8-9-5/h1,4H,3H2,(H,6,7,8). The molecule has 9 heavy (non-hydrogen) atoms. The number of hydrogen-bond donors (Lipinski definition) is 1. The Kier molecular flexibility index (Phi) is 2.05. The molecule has 1 N–H and O–H groups in total. The van der Waals surface area contributed by atoms with Gasteiger partial charge in [0.2, 0.25) is 5.13 Å². The summed E-state index contributed by atoms with van der Waals surface area (Å²) < 4.78 is 3.77. The number of aromatic nitrogens is 2. The van der Waals surface area contributed by atoms with Crippen LogP contribution < -0.4 is 5.32 Å². The molecule has 0 unspecified atom stereocenters. The summed E-state index contributed by atoms with van der Waals surface area (Å²) in [5.74, 6) is 2.43. The maximum Gasteiger partial charge on any atom is 0.203 e. The molecule has 3 nitrogen and oxygen atoms in total. The van der Waals surface area contributed by atoms with Crippen LogP contribution in [0.4, 0.5) is 5.13 Å². The third-order valence-corrected chi connectivity index (χ3v) is 1.33. The highest BCUT2D eigenvalue weighted by Crippen LogP contribution is 2.04. The first-order chi connectivity index (χ1) is 4.43. The minimum Gasteiger partial charge on any atom is -0.349 e. The monoisotopic (exact) mass is 139 g/mol. The molecule has 0 amide bonds. The topological polar surface area (TPSA) is 37.8 Å². The van der Waals surface area contributed by atoms with Crippen molar-refractivity contribution >= 4 is 16.7 Å². The Hall–Kier alpha value is -1.08. The van der Waals surface area contributed by atoms with Crippen molar-refractivity contribution in [3.05, 3.63) is 6.33 Å². The summed E-state index contributed by atoms with van der Waals surface area (Å²) in [4.78, 5) is 3.85. The molecule has 1 heterocycles. The Bertz CT molecular complexity index is 198. The Morgan fingerprint density at radius 3 is 3.33 bits per heavy atom. The zero-order valence-corrected chi connectivity index (χ0v) is 5.48. The second-order valence-corrected chi connectivity index (χ2v) is 2.08. The molecule has 0 bridgehead atoms. The van der Waals surface area contributed by atoms with E-state index in [1.807, 2.05) is 0 Å². The van der Waals surface area contributed by atoms with Gasteiger partial charge in [-0.05, 0) is 0 Å². The first-order valence-corrected chi connectivity index (χ1v) is 3.15. The fourth-order valence-electron chi connectivity index (χ4n) is 0.378. The van der Waals surface area contributed by atoms with Crippen LogP contribution in [0.5, 0.6) is 0 Å². The largest absolute Gasteiger partial charge is 0.349 e. The number of terminal acetylenes is 1. The molecule has 0 fully saturated rings. The van der Waals surface area contributed by atoms with Crippen LogP contribution in [0.3, 0.4) is 0 Å². The highest BCUT2D eigenvalue weighted by molar-refractivity contribution is 7.09. The first kappa shape index (κ1) is 6.05. The summed E-state index contributed by atoms with van der Waals surface area (Å²) in [7, 11) is 0. The van der Waals surface area contributed by atoms with E-state index < -0.39 is 0 Å². The van der Waals surface area contributed by atoms with E-state index in [4.69, 9.17) is 6.42 Å². The molecule has 1 aromatic heterocycles. The minimum absolute atomic E-state index is 0.509. The molecule has 0 atom stereocenters. The molecule has 0 aliphatic rings. The number of rotatable bonds is 2. The van der Waals surface area contributed by atoms with E-state index in [0.717, 1.165) is 5.13 Å². The van der Waals surface area contributed by atoms with Gasteiger partial charge in [-0.2, -0.15) is 4.37 Å². The van der Waals surface area contributed by atoms with Gasteiger partial charge in [-0.3, -0.25) is 0 Å². The summed E-state index contributed by atoms with van der Waals surface area (Å²) in [5, 5.41) is 3.65. The lowest BCUT2D eigenvalue weighted by Gasteiger charge is -1.90. The van der Waals surface area contributed by atoms with Crippen molar-refractivity contribution < 1.29 is 0 Å².